The molecule has 1 N–H and O–H groups in total. The van der Waals surface area contributed by atoms with Gasteiger partial charge in [-0.25, -0.2) is 0 Å². The Kier molecular flexibility index (Phi) is 3.21. The lowest BCUT2D eigenvalue weighted by molar-refractivity contribution is -0.142. The van der Waals surface area contributed by atoms with Gasteiger partial charge < -0.3 is 5.11 Å². The standard InChI is InChI=1S/C11H8ClF3N2O/c12-7-1-2-10(18)8(5-7)9-3-4-16-17(9)6-11(13,14)15/h1-5,18H,6H2. The third-order valence-corrected chi connectivity index (χ3v) is 2.52. The van der Waals surface area contributed by atoms with Gasteiger partial charge in [0.1, 0.15) is 12.3 Å². The largest absolute Gasteiger partial charge is 0.507 e. The van der Waals surface area contributed by atoms with Gasteiger partial charge in [0, 0.05) is 16.8 Å². The van der Waals surface area contributed by atoms with Crippen LogP contribution in [0.5, 0.6) is 5.75 Å². The molecule has 18 heavy (non-hydrogen) atoms. The number of phenols is 1. The van der Waals surface area contributed by atoms with Crippen LogP contribution >= 0.6 is 11.6 Å². The third kappa shape index (κ3) is 2.76. The molecule has 96 valence electrons. The average molecular weight is 277 g/mol. The molecule has 0 saturated carbocycles. The van der Waals surface area contributed by atoms with Gasteiger partial charge in [-0.1, -0.05) is 11.6 Å². The summed E-state index contributed by atoms with van der Waals surface area (Å²) in [7, 11) is 0. The maximum Gasteiger partial charge on any atom is 0.408 e. The summed E-state index contributed by atoms with van der Waals surface area (Å²) in [6.45, 7) is -1.22. The second kappa shape index (κ2) is 4.53. The van der Waals surface area contributed by atoms with Gasteiger partial charge in [-0.3, -0.25) is 4.68 Å². The van der Waals surface area contributed by atoms with Gasteiger partial charge in [0.2, 0.25) is 0 Å². The summed E-state index contributed by atoms with van der Waals surface area (Å²) in [4.78, 5) is 0. The van der Waals surface area contributed by atoms with Crippen molar-refractivity contribution in [2.45, 2.75) is 12.7 Å². The van der Waals surface area contributed by atoms with Crippen molar-refractivity contribution in [3.05, 3.63) is 35.5 Å². The van der Waals surface area contributed by atoms with Crippen molar-refractivity contribution >= 4 is 11.6 Å². The zero-order valence-corrected chi connectivity index (χ0v) is 9.70. The fraction of sp³-hybridized carbons (Fsp3) is 0.182. The Hall–Kier alpha value is -1.69. The van der Waals surface area contributed by atoms with E-state index in [0.29, 0.717) is 5.02 Å². The van der Waals surface area contributed by atoms with Gasteiger partial charge in [-0.15, -0.1) is 0 Å². The second-order valence-corrected chi connectivity index (χ2v) is 4.09. The predicted octanol–water partition coefficient (Wildman–Crippen LogP) is 3.47. The summed E-state index contributed by atoms with van der Waals surface area (Å²) < 4.78 is 37.8. The summed E-state index contributed by atoms with van der Waals surface area (Å²) in [5.74, 6) is -0.150. The molecule has 0 radical (unpaired) electrons. The highest BCUT2D eigenvalue weighted by atomic mass is 35.5. The highest BCUT2D eigenvalue weighted by Crippen LogP contribution is 2.32. The summed E-state index contributed by atoms with van der Waals surface area (Å²) in [5, 5.41) is 13.6. The first-order valence-electron chi connectivity index (χ1n) is 4.94. The molecule has 0 amide bonds. The molecule has 0 fully saturated rings. The minimum Gasteiger partial charge on any atom is -0.507 e. The molecule has 0 aliphatic rings. The smallest absolute Gasteiger partial charge is 0.408 e. The lowest BCUT2D eigenvalue weighted by Crippen LogP contribution is -2.19. The van der Waals surface area contributed by atoms with Crippen molar-refractivity contribution in [2.24, 2.45) is 0 Å². The van der Waals surface area contributed by atoms with Crippen LogP contribution in [0.2, 0.25) is 5.02 Å². The van der Waals surface area contributed by atoms with Crippen LogP contribution in [0.3, 0.4) is 0 Å². The number of alkyl halides is 3. The third-order valence-electron chi connectivity index (χ3n) is 2.28. The molecule has 0 aliphatic carbocycles. The monoisotopic (exact) mass is 276 g/mol. The molecule has 1 heterocycles. The van der Waals surface area contributed by atoms with Gasteiger partial charge in [-0.05, 0) is 24.3 Å². The Morgan fingerprint density at radius 2 is 2.00 bits per heavy atom. The zero-order valence-electron chi connectivity index (χ0n) is 8.95. The van der Waals surface area contributed by atoms with Crippen LogP contribution in [0.15, 0.2) is 30.5 Å². The van der Waals surface area contributed by atoms with Crippen molar-refractivity contribution in [1.82, 2.24) is 9.78 Å². The molecule has 2 aromatic rings. The van der Waals surface area contributed by atoms with Crippen LogP contribution in [-0.4, -0.2) is 21.1 Å². The van der Waals surface area contributed by atoms with E-state index in [1.54, 1.807) is 0 Å². The first-order valence-corrected chi connectivity index (χ1v) is 5.32. The molecule has 1 aromatic carbocycles. The van der Waals surface area contributed by atoms with E-state index in [1.807, 2.05) is 0 Å². The van der Waals surface area contributed by atoms with E-state index in [2.05, 4.69) is 5.10 Å². The normalized spacial score (nSPS) is 11.8. The Morgan fingerprint density at radius 3 is 2.67 bits per heavy atom. The lowest BCUT2D eigenvalue weighted by atomic mass is 10.1. The van der Waals surface area contributed by atoms with Crippen LogP contribution in [0.1, 0.15) is 0 Å². The SMILES string of the molecule is Oc1ccc(Cl)cc1-c1ccnn1CC(F)(F)F. The Labute approximate surface area is 105 Å². The van der Waals surface area contributed by atoms with Crippen molar-refractivity contribution < 1.29 is 18.3 Å². The summed E-state index contributed by atoms with van der Waals surface area (Å²) in [5.41, 5.74) is 0.372. The van der Waals surface area contributed by atoms with E-state index in [9.17, 15) is 18.3 Å². The molecule has 0 aliphatic heterocycles. The Balaban J connectivity index is 2.45. The molecule has 0 bridgehead atoms. The van der Waals surface area contributed by atoms with E-state index in [-0.39, 0.29) is 17.0 Å². The summed E-state index contributed by atoms with van der Waals surface area (Å²) in [6.07, 6.45) is -3.14. The molecular weight excluding hydrogens is 269 g/mol. The van der Waals surface area contributed by atoms with Crippen molar-refractivity contribution in [3.8, 4) is 17.0 Å². The number of aromatic hydroxyl groups is 1. The Morgan fingerprint density at radius 1 is 1.28 bits per heavy atom. The van der Waals surface area contributed by atoms with E-state index < -0.39 is 12.7 Å². The minimum absolute atomic E-state index is 0.150. The molecule has 2 rings (SSSR count). The molecular formula is C11H8ClF3N2O. The highest BCUT2D eigenvalue weighted by Gasteiger charge is 2.29. The number of hydrogen-bond acceptors (Lipinski definition) is 2. The fourth-order valence-electron chi connectivity index (χ4n) is 1.57. The van der Waals surface area contributed by atoms with Gasteiger partial charge in [0.05, 0.1) is 5.69 Å². The van der Waals surface area contributed by atoms with Gasteiger partial charge in [0.25, 0.3) is 0 Å². The number of nitrogens with zero attached hydrogens (tertiary/aromatic N) is 2. The predicted molar refractivity (Wildman–Crippen MR) is 60.4 cm³/mol. The maximum atomic E-state index is 12.3. The van der Waals surface area contributed by atoms with Crippen LogP contribution in [-0.2, 0) is 6.54 Å². The van der Waals surface area contributed by atoms with E-state index in [1.165, 1.54) is 30.5 Å². The van der Waals surface area contributed by atoms with E-state index in [4.69, 9.17) is 11.6 Å². The van der Waals surface area contributed by atoms with Crippen LogP contribution in [0.25, 0.3) is 11.3 Å². The molecule has 0 atom stereocenters. The molecule has 3 nitrogen and oxygen atoms in total. The zero-order chi connectivity index (χ0) is 13.3. The number of hydrogen-bond donors (Lipinski definition) is 1. The van der Waals surface area contributed by atoms with Crippen LogP contribution in [0, 0.1) is 0 Å². The molecule has 0 saturated heterocycles. The molecule has 0 unspecified atom stereocenters. The summed E-state index contributed by atoms with van der Waals surface area (Å²) >= 11 is 5.76. The molecule has 0 spiro atoms. The van der Waals surface area contributed by atoms with Crippen LogP contribution < -0.4 is 0 Å². The number of phenolic OH excluding ortho intramolecular Hbond substituents is 1. The van der Waals surface area contributed by atoms with Gasteiger partial charge >= 0.3 is 6.18 Å². The summed E-state index contributed by atoms with van der Waals surface area (Å²) in [6, 6.07) is 5.55. The average Bonchev–Trinajstić information content (AvgIpc) is 2.67. The van der Waals surface area contributed by atoms with E-state index >= 15 is 0 Å². The number of halogens is 4. The lowest BCUT2D eigenvalue weighted by Gasteiger charge is -2.11. The number of aromatic nitrogens is 2. The molecule has 7 heteroatoms. The van der Waals surface area contributed by atoms with Crippen molar-refractivity contribution in [3.63, 3.8) is 0 Å². The maximum absolute atomic E-state index is 12.3. The highest BCUT2D eigenvalue weighted by molar-refractivity contribution is 6.30. The topological polar surface area (TPSA) is 38.1 Å². The van der Waals surface area contributed by atoms with Crippen molar-refractivity contribution in [2.75, 3.05) is 0 Å². The Bertz CT molecular complexity index is 566. The van der Waals surface area contributed by atoms with Crippen molar-refractivity contribution in [1.29, 1.82) is 0 Å². The number of benzene rings is 1. The van der Waals surface area contributed by atoms with E-state index in [0.717, 1.165) is 4.68 Å². The first kappa shape index (κ1) is 12.8. The number of rotatable bonds is 2. The van der Waals surface area contributed by atoms with Gasteiger partial charge in [0.15, 0.2) is 0 Å². The van der Waals surface area contributed by atoms with Gasteiger partial charge in [-0.2, -0.15) is 18.3 Å². The quantitative estimate of drug-likeness (QED) is 0.912. The second-order valence-electron chi connectivity index (χ2n) is 3.65. The minimum atomic E-state index is -4.38. The fourth-order valence-corrected chi connectivity index (χ4v) is 1.74. The first-order chi connectivity index (χ1) is 8.37. The van der Waals surface area contributed by atoms with Crippen LogP contribution in [0.4, 0.5) is 13.2 Å². The molecule has 1 aromatic heterocycles.